The third-order valence-electron chi connectivity index (χ3n) is 6.84. The first-order valence-corrected chi connectivity index (χ1v) is 15.5. The topological polar surface area (TPSA) is 105 Å². The SMILES string of the molecule is CC[C@H](C)NC(=O)[C@H](Cc1ccccc1)N(Cc1cccc(Cl)c1)C(=O)CN(c1ccc2c(c1)OCO2)S(C)(=O)=O. The van der Waals surface area contributed by atoms with Crippen LogP contribution in [0.25, 0.3) is 0 Å². The molecule has 1 aliphatic heterocycles. The van der Waals surface area contributed by atoms with Gasteiger partial charge in [0.2, 0.25) is 28.6 Å². The predicted octanol–water partition coefficient (Wildman–Crippen LogP) is 4.39. The van der Waals surface area contributed by atoms with Crippen LogP contribution in [0.1, 0.15) is 31.4 Å². The van der Waals surface area contributed by atoms with Crippen molar-refractivity contribution >= 4 is 39.1 Å². The number of anilines is 1. The molecule has 2 atom stereocenters. The lowest BCUT2D eigenvalue weighted by Gasteiger charge is -2.34. The maximum absolute atomic E-state index is 14.1. The summed E-state index contributed by atoms with van der Waals surface area (Å²) in [5, 5.41) is 3.49. The average Bonchev–Trinajstić information content (AvgIpc) is 3.41. The molecule has 0 saturated heterocycles. The molecule has 0 spiro atoms. The third kappa shape index (κ3) is 7.92. The summed E-state index contributed by atoms with van der Waals surface area (Å²) in [5.74, 6) is -0.00381. The number of rotatable bonds is 12. The van der Waals surface area contributed by atoms with E-state index in [0.717, 1.165) is 16.1 Å². The molecule has 0 radical (unpaired) electrons. The highest BCUT2D eigenvalue weighted by Gasteiger charge is 2.34. The van der Waals surface area contributed by atoms with Crippen LogP contribution in [0, 0.1) is 0 Å². The van der Waals surface area contributed by atoms with Crippen LogP contribution < -0.4 is 19.1 Å². The molecule has 2 amide bonds. The second-order valence-electron chi connectivity index (χ2n) is 9.98. The van der Waals surface area contributed by atoms with Crippen molar-refractivity contribution < 1.29 is 27.5 Å². The molecule has 0 bridgehead atoms. The second-order valence-corrected chi connectivity index (χ2v) is 12.3. The number of sulfonamides is 1. The van der Waals surface area contributed by atoms with Gasteiger partial charge in [-0.2, -0.15) is 0 Å². The molecule has 3 aromatic carbocycles. The Labute approximate surface area is 246 Å². The highest BCUT2D eigenvalue weighted by atomic mass is 35.5. The van der Waals surface area contributed by atoms with Crippen LogP contribution in [-0.4, -0.2) is 56.8 Å². The number of amides is 2. The van der Waals surface area contributed by atoms with Crippen LogP contribution in [0.3, 0.4) is 0 Å². The third-order valence-corrected chi connectivity index (χ3v) is 8.21. The largest absolute Gasteiger partial charge is 0.454 e. The van der Waals surface area contributed by atoms with E-state index in [9.17, 15) is 18.0 Å². The summed E-state index contributed by atoms with van der Waals surface area (Å²) in [6.45, 7) is 3.40. The molecule has 4 rings (SSSR count). The Morgan fingerprint density at radius 3 is 2.37 bits per heavy atom. The number of carbonyl (C=O) groups is 2. The van der Waals surface area contributed by atoms with Crippen LogP contribution in [0.2, 0.25) is 5.02 Å². The van der Waals surface area contributed by atoms with Gasteiger partial charge in [-0.15, -0.1) is 0 Å². The van der Waals surface area contributed by atoms with E-state index < -0.39 is 28.5 Å². The van der Waals surface area contributed by atoms with E-state index in [1.165, 1.54) is 11.0 Å². The molecule has 0 saturated carbocycles. The summed E-state index contributed by atoms with van der Waals surface area (Å²) in [6, 6.07) is 20.0. The summed E-state index contributed by atoms with van der Waals surface area (Å²) in [7, 11) is -3.90. The first-order chi connectivity index (χ1) is 19.5. The maximum Gasteiger partial charge on any atom is 0.244 e. The number of fused-ring (bicyclic) bond motifs is 1. The predicted molar refractivity (Wildman–Crippen MR) is 159 cm³/mol. The van der Waals surface area contributed by atoms with Crippen molar-refractivity contribution in [2.45, 2.75) is 45.3 Å². The summed E-state index contributed by atoms with van der Waals surface area (Å²) in [4.78, 5) is 29.3. The molecular weight excluding hydrogens is 566 g/mol. The molecule has 3 aromatic rings. The summed E-state index contributed by atoms with van der Waals surface area (Å²) in [6.07, 6.45) is 1.97. The number of carbonyl (C=O) groups excluding carboxylic acids is 2. The molecule has 9 nitrogen and oxygen atoms in total. The number of ether oxygens (including phenoxy) is 2. The van der Waals surface area contributed by atoms with Gasteiger partial charge in [-0.1, -0.05) is 61.0 Å². The van der Waals surface area contributed by atoms with Gasteiger partial charge in [0.25, 0.3) is 0 Å². The Kier molecular flexibility index (Phi) is 9.77. The lowest BCUT2D eigenvalue weighted by molar-refractivity contribution is -0.140. The van der Waals surface area contributed by atoms with Crippen molar-refractivity contribution in [1.82, 2.24) is 10.2 Å². The van der Waals surface area contributed by atoms with E-state index >= 15 is 0 Å². The number of nitrogens with zero attached hydrogens (tertiary/aromatic N) is 2. The van der Waals surface area contributed by atoms with Gasteiger partial charge in [-0.05, 0) is 48.7 Å². The first-order valence-electron chi connectivity index (χ1n) is 13.3. The zero-order valence-corrected chi connectivity index (χ0v) is 24.8. The molecule has 0 unspecified atom stereocenters. The normalized spacial score (nSPS) is 13.8. The van der Waals surface area contributed by atoms with Gasteiger partial charge in [0.15, 0.2) is 11.5 Å². The fraction of sp³-hybridized carbons (Fsp3) is 0.333. The standard InChI is InChI=1S/C30H34ClN3O6S/c1-4-21(2)32-30(36)26(16-22-9-6-5-7-10-22)33(18-23-11-8-12-24(31)15-23)29(35)19-34(41(3,37)38)25-13-14-27-28(17-25)40-20-39-27/h5-15,17,21,26H,4,16,18-20H2,1-3H3,(H,32,36)/t21-,26-/m0/s1. The van der Waals surface area contributed by atoms with E-state index in [1.807, 2.05) is 50.2 Å². The molecule has 218 valence electrons. The van der Waals surface area contributed by atoms with Crippen LogP contribution >= 0.6 is 11.6 Å². The first kappa shape index (κ1) is 30.2. The van der Waals surface area contributed by atoms with Gasteiger partial charge in [0.1, 0.15) is 12.6 Å². The highest BCUT2D eigenvalue weighted by molar-refractivity contribution is 7.92. The number of hydrogen-bond acceptors (Lipinski definition) is 6. The lowest BCUT2D eigenvalue weighted by Crippen LogP contribution is -2.54. The van der Waals surface area contributed by atoms with Crippen LogP contribution in [0.5, 0.6) is 11.5 Å². The highest BCUT2D eigenvalue weighted by Crippen LogP contribution is 2.36. The Hall–Kier alpha value is -3.76. The van der Waals surface area contributed by atoms with Gasteiger partial charge in [-0.25, -0.2) is 8.42 Å². The number of nitrogens with one attached hydrogen (secondary N) is 1. The fourth-order valence-electron chi connectivity index (χ4n) is 4.48. The Bertz CT molecular complexity index is 1480. The van der Waals surface area contributed by atoms with E-state index in [1.54, 1.807) is 30.3 Å². The van der Waals surface area contributed by atoms with E-state index in [2.05, 4.69) is 5.32 Å². The van der Waals surface area contributed by atoms with Gasteiger partial charge < -0.3 is 19.7 Å². The zero-order chi connectivity index (χ0) is 29.6. The molecule has 0 aliphatic carbocycles. The molecule has 11 heteroatoms. The molecular formula is C30H34ClN3O6S. The number of hydrogen-bond donors (Lipinski definition) is 1. The Morgan fingerprint density at radius 1 is 0.976 bits per heavy atom. The summed E-state index contributed by atoms with van der Waals surface area (Å²) >= 11 is 6.25. The molecule has 1 N–H and O–H groups in total. The van der Waals surface area contributed by atoms with Crippen molar-refractivity contribution in [3.8, 4) is 11.5 Å². The van der Waals surface area contributed by atoms with Crippen LogP contribution in [0.15, 0.2) is 72.8 Å². The van der Waals surface area contributed by atoms with Gasteiger partial charge in [-0.3, -0.25) is 13.9 Å². The smallest absolute Gasteiger partial charge is 0.244 e. The molecule has 0 fully saturated rings. The average molecular weight is 600 g/mol. The van der Waals surface area contributed by atoms with Crippen LogP contribution in [-0.2, 0) is 32.6 Å². The Morgan fingerprint density at radius 2 is 1.68 bits per heavy atom. The summed E-state index contributed by atoms with van der Waals surface area (Å²) < 4.78 is 37.7. The lowest BCUT2D eigenvalue weighted by atomic mass is 10.0. The van der Waals surface area contributed by atoms with Gasteiger partial charge in [0.05, 0.1) is 11.9 Å². The van der Waals surface area contributed by atoms with E-state index in [4.69, 9.17) is 21.1 Å². The monoisotopic (exact) mass is 599 g/mol. The van der Waals surface area contributed by atoms with Crippen molar-refractivity contribution in [1.29, 1.82) is 0 Å². The minimum absolute atomic E-state index is 0.0243. The van der Waals surface area contributed by atoms with Gasteiger partial charge in [0, 0.05) is 30.1 Å². The minimum atomic E-state index is -3.90. The number of halogens is 1. The molecule has 41 heavy (non-hydrogen) atoms. The molecule has 1 heterocycles. The van der Waals surface area contributed by atoms with Crippen molar-refractivity contribution in [2.24, 2.45) is 0 Å². The summed E-state index contributed by atoms with van der Waals surface area (Å²) in [5.41, 5.74) is 1.81. The van der Waals surface area contributed by atoms with E-state index in [-0.39, 0.29) is 37.4 Å². The maximum atomic E-state index is 14.1. The quantitative estimate of drug-likeness (QED) is 0.331. The molecule has 1 aliphatic rings. The zero-order valence-electron chi connectivity index (χ0n) is 23.2. The second kappa shape index (κ2) is 13.3. The van der Waals surface area contributed by atoms with Crippen molar-refractivity contribution in [3.63, 3.8) is 0 Å². The fourth-order valence-corrected chi connectivity index (χ4v) is 5.54. The van der Waals surface area contributed by atoms with E-state index in [0.29, 0.717) is 28.5 Å². The minimum Gasteiger partial charge on any atom is -0.454 e. The Balaban J connectivity index is 1.73. The van der Waals surface area contributed by atoms with Crippen LogP contribution in [0.4, 0.5) is 5.69 Å². The van der Waals surface area contributed by atoms with Crippen molar-refractivity contribution in [2.75, 3.05) is 23.9 Å². The van der Waals surface area contributed by atoms with Crippen molar-refractivity contribution in [3.05, 3.63) is 88.9 Å². The van der Waals surface area contributed by atoms with Gasteiger partial charge >= 0.3 is 0 Å². The molecule has 0 aromatic heterocycles. The number of benzene rings is 3.